The van der Waals surface area contributed by atoms with Crippen LogP contribution in [0.15, 0.2) is 18.2 Å². The van der Waals surface area contributed by atoms with Gasteiger partial charge in [-0.1, -0.05) is 6.07 Å². The van der Waals surface area contributed by atoms with Gasteiger partial charge in [-0.15, -0.1) is 0 Å². The molecule has 0 aliphatic heterocycles. The van der Waals surface area contributed by atoms with Gasteiger partial charge in [0.25, 0.3) is 0 Å². The van der Waals surface area contributed by atoms with Gasteiger partial charge in [0.15, 0.2) is 11.5 Å². The number of hydrogen-bond donors (Lipinski definition) is 4. The van der Waals surface area contributed by atoms with Crippen LogP contribution in [0.2, 0.25) is 0 Å². The van der Waals surface area contributed by atoms with Crippen molar-refractivity contribution in [2.75, 3.05) is 0 Å². The van der Waals surface area contributed by atoms with Gasteiger partial charge in [0, 0.05) is 6.42 Å². The number of phenols is 2. The highest BCUT2D eigenvalue weighted by atomic mass is 19.1. The average molecular weight is 229 g/mol. The van der Waals surface area contributed by atoms with Crippen LogP contribution in [0.1, 0.15) is 18.2 Å². The van der Waals surface area contributed by atoms with Gasteiger partial charge in [-0.25, -0.2) is 4.39 Å². The Balaban J connectivity index is 2.76. The summed E-state index contributed by atoms with van der Waals surface area (Å²) in [6, 6.07) is 2.12. The van der Waals surface area contributed by atoms with E-state index in [2.05, 4.69) is 0 Å². The Morgan fingerprint density at radius 2 is 2.00 bits per heavy atom. The fraction of sp³-hybridized carbons (Fsp3) is 0.300. The van der Waals surface area contributed by atoms with Crippen LogP contribution in [-0.2, 0) is 4.79 Å². The number of aromatic hydroxyl groups is 2. The number of aliphatic carboxylic acids is 1. The van der Waals surface area contributed by atoms with Crippen molar-refractivity contribution in [1.82, 2.24) is 0 Å². The molecule has 5 N–H and O–H groups in total. The van der Waals surface area contributed by atoms with E-state index < -0.39 is 23.9 Å². The fourth-order valence-electron chi connectivity index (χ4n) is 1.20. The largest absolute Gasteiger partial charge is 0.504 e. The van der Waals surface area contributed by atoms with Crippen LogP contribution in [0.4, 0.5) is 4.39 Å². The van der Waals surface area contributed by atoms with Crippen molar-refractivity contribution in [2.45, 2.75) is 18.6 Å². The molecule has 5 nitrogen and oxygen atoms in total. The highest BCUT2D eigenvalue weighted by Crippen LogP contribution is 2.30. The van der Waals surface area contributed by atoms with E-state index in [-0.39, 0.29) is 17.7 Å². The van der Waals surface area contributed by atoms with E-state index in [4.69, 9.17) is 21.1 Å². The molecule has 1 aromatic rings. The van der Waals surface area contributed by atoms with Gasteiger partial charge < -0.3 is 21.1 Å². The topological polar surface area (TPSA) is 104 Å². The molecule has 0 amide bonds. The minimum absolute atomic E-state index is 0.0759. The molecule has 0 spiro atoms. The normalized spacial score (nSPS) is 14.4. The Bertz CT molecular complexity index is 396. The molecule has 1 rings (SSSR count). The molecule has 2 atom stereocenters. The van der Waals surface area contributed by atoms with E-state index in [0.29, 0.717) is 0 Å². The third kappa shape index (κ3) is 2.83. The van der Waals surface area contributed by atoms with E-state index in [1.165, 1.54) is 6.07 Å². The molecule has 6 heteroatoms. The summed E-state index contributed by atoms with van der Waals surface area (Å²) in [5, 5.41) is 26.6. The molecule has 0 heterocycles. The molecule has 0 saturated heterocycles. The van der Waals surface area contributed by atoms with Crippen LogP contribution < -0.4 is 5.73 Å². The van der Waals surface area contributed by atoms with E-state index in [1.54, 1.807) is 0 Å². The number of nitrogens with two attached hydrogens (primary N) is 1. The van der Waals surface area contributed by atoms with Gasteiger partial charge in [0.1, 0.15) is 12.2 Å². The average Bonchev–Trinajstić information content (AvgIpc) is 2.21. The smallest absolute Gasteiger partial charge is 0.320 e. The highest BCUT2D eigenvalue weighted by molar-refractivity contribution is 5.73. The lowest BCUT2D eigenvalue weighted by molar-refractivity contribution is -0.139. The van der Waals surface area contributed by atoms with Crippen molar-refractivity contribution < 1.29 is 24.5 Å². The zero-order valence-corrected chi connectivity index (χ0v) is 8.30. The molecule has 2 unspecified atom stereocenters. The van der Waals surface area contributed by atoms with E-state index in [0.717, 1.165) is 12.1 Å². The monoisotopic (exact) mass is 229 g/mol. The number of rotatable bonds is 4. The summed E-state index contributed by atoms with van der Waals surface area (Å²) in [6.07, 6.45) is -1.99. The van der Waals surface area contributed by atoms with Crippen LogP contribution in [0.5, 0.6) is 11.5 Å². The Labute approximate surface area is 90.9 Å². The molecule has 0 aliphatic carbocycles. The third-order valence-corrected chi connectivity index (χ3v) is 2.14. The first-order chi connectivity index (χ1) is 7.41. The Morgan fingerprint density at radius 1 is 1.38 bits per heavy atom. The van der Waals surface area contributed by atoms with Gasteiger partial charge in [-0.2, -0.15) is 0 Å². The van der Waals surface area contributed by atoms with Gasteiger partial charge in [0.2, 0.25) is 0 Å². The van der Waals surface area contributed by atoms with Gasteiger partial charge >= 0.3 is 5.97 Å². The molecule has 88 valence electrons. The summed E-state index contributed by atoms with van der Waals surface area (Å²) in [4.78, 5) is 10.4. The van der Waals surface area contributed by atoms with Gasteiger partial charge in [-0.05, 0) is 17.7 Å². The second kappa shape index (κ2) is 4.80. The molecule has 0 bridgehead atoms. The number of carboxylic acid groups (broad SMARTS) is 1. The molecule has 0 radical (unpaired) electrons. The molecular weight excluding hydrogens is 217 g/mol. The van der Waals surface area contributed by atoms with Crippen molar-refractivity contribution >= 4 is 5.97 Å². The lowest BCUT2D eigenvalue weighted by Crippen LogP contribution is -2.31. The molecule has 16 heavy (non-hydrogen) atoms. The van der Waals surface area contributed by atoms with Crippen molar-refractivity contribution in [2.24, 2.45) is 5.73 Å². The van der Waals surface area contributed by atoms with Gasteiger partial charge in [-0.3, -0.25) is 4.79 Å². The summed E-state index contributed by atoms with van der Waals surface area (Å²) in [5.41, 5.74) is 5.25. The summed E-state index contributed by atoms with van der Waals surface area (Å²) >= 11 is 0. The Kier molecular flexibility index (Phi) is 3.68. The Morgan fingerprint density at radius 3 is 2.50 bits per heavy atom. The quantitative estimate of drug-likeness (QED) is 0.574. The standard InChI is InChI=1S/C10H12FNO4/c11-6(4-7(12)10(15)16)5-1-2-8(13)9(14)3-5/h1-3,6-7,13-14H,4,12H2,(H,15,16). The zero-order chi connectivity index (χ0) is 12.3. The first-order valence-electron chi connectivity index (χ1n) is 4.56. The SMILES string of the molecule is NC(CC(F)c1ccc(O)c(O)c1)C(=O)O. The summed E-state index contributed by atoms with van der Waals surface area (Å²) in [7, 11) is 0. The van der Waals surface area contributed by atoms with Crippen molar-refractivity contribution in [3.63, 3.8) is 0 Å². The highest BCUT2D eigenvalue weighted by Gasteiger charge is 2.20. The van der Waals surface area contributed by atoms with Crippen LogP contribution >= 0.6 is 0 Å². The van der Waals surface area contributed by atoms with Crippen molar-refractivity contribution in [3.8, 4) is 11.5 Å². The fourth-order valence-corrected chi connectivity index (χ4v) is 1.20. The maximum absolute atomic E-state index is 13.5. The number of carbonyl (C=O) groups is 1. The van der Waals surface area contributed by atoms with Gasteiger partial charge in [0.05, 0.1) is 0 Å². The third-order valence-electron chi connectivity index (χ3n) is 2.14. The van der Waals surface area contributed by atoms with Crippen molar-refractivity contribution in [1.29, 1.82) is 0 Å². The molecule has 1 aromatic carbocycles. The Hall–Kier alpha value is -1.82. The lowest BCUT2D eigenvalue weighted by atomic mass is 10.0. The number of hydrogen-bond acceptors (Lipinski definition) is 4. The zero-order valence-electron chi connectivity index (χ0n) is 8.30. The summed E-state index contributed by atoms with van der Waals surface area (Å²) < 4.78 is 13.5. The van der Waals surface area contributed by atoms with Crippen LogP contribution in [0, 0.1) is 0 Å². The lowest BCUT2D eigenvalue weighted by Gasteiger charge is -2.12. The van der Waals surface area contributed by atoms with E-state index >= 15 is 0 Å². The second-order valence-electron chi connectivity index (χ2n) is 3.40. The first kappa shape index (κ1) is 12.3. The summed E-state index contributed by atoms with van der Waals surface area (Å²) in [5.74, 6) is -2.10. The van der Waals surface area contributed by atoms with E-state index in [1.807, 2.05) is 0 Å². The first-order valence-corrected chi connectivity index (χ1v) is 4.56. The minimum atomic E-state index is -1.60. The predicted molar refractivity (Wildman–Crippen MR) is 53.8 cm³/mol. The second-order valence-corrected chi connectivity index (χ2v) is 3.40. The minimum Gasteiger partial charge on any atom is -0.504 e. The van der Waals surface area contributed by atoms with Crippen LogP contribution in [0.25, 0.3) is 0 Å². The van der Waals surface area contributed by atoms with E-state index in [9.17, 15) is 9.18 Å². The molecule has 0 saturated carbocycles. The molecule has 0 aliphatic rings. The van der Waals surface area contributed by atoms with Crippen LogP contribution in [-0.4, -0.2) is 27.3 Å². The number of alkyl halides is 1. The van der Waals surface area contributed by atoms with Crippen LogP contribution in [0.3, 0.4) is 0 Å². The maximum atomic E-state index is 13.5. The number of halogens is 1. The number of carboxylic acids is 1. The van der Waals surface area contributed by atoms with Crippen molar-refractivity contribution in [3.05, 3.63) is 23.8 Å². The molecule has 0 aromatic heterocycles. The molecular formula is C10H12FNO4. The molecule has 0 fully saturated rings. The summed E-state index contributed by atoms with van der Waals surface area (Å²) in [6.45, 7) is 0. The number of phenolic OH excluding ortho intramolecular Hbond substituents is 2. The maximum Gasteiger partial charge on any atom is 0.320 e. The predicted octanol–water partition coefficient (Wildman–Crippen LogP) is 0.910. The number of benzene rings is 1.